The van der Waals surface area contributed by atoms with Gasteiger partial charge in [0.25, 0.3) is 5.91 Å². The number of sulfonamides is 1. The topological polar surface area (TPSA) is 213 Å². The third-order valence-electron chi connectivity index (χ3n) is 10.7. The van der Waals surface area contributed by atoms with E-state index < -0.39 is 33.5 Å². The highest BCUT2D eigenvalue weighted by atomic mass is 35.5. The number of hydrogen-bond donors (Lipinski definition) is 3. The number of anilines is 3. The van der Waals surface area contributed by atoms with Crippen molar-refractivity contribution >= 4 is 62.8 Å². The average Bonchev–Trinajstić information content (AvgIpc) is 3.51. The quantitative estimate of drug-likeness (QED) is 0.165. The first-order valence-corrected chi connectivity index (χ1v) is 21.1. The molecule has 1 unspecified atom stereocenters. The Morgan fingerprint density at radius 3 is 2.47 bits per heavy atom. The number of imide groups is 1. The minimum atomic E-state index is -3.52. The number of halogens is 1. The van der Waals surface area contributed by atoms with Gasteiger partial charge in [-0.25, -0.2) is 23.2 Å². The van der Waals surface area contributed by atoms with Gasteiger partial charge in [-0.1, -0.05) is 37.6 Å². The molecule has 3 aliphatic rings. The van der Waals surface area contributed by atoms with Gasteiger partial charge >= 0.3 is 6.09 Å². The van der Waals surface area contributed by atoms with Gasteiger partial charge in [0, 0.05) is 61.8 Å². The van der Waals surface area contributed by atoms with E-state index in [2.05, 4.69) is 31.4 Å². The minimum absolute atomic E-state index is 0.0377. The molecule has 3 aromatic carbocycles. The number of nitrogens with zero attached hydrogens (tertiary/aromatic N) is 5. The fourth-order valence-corrected chi connectivity index (χ4v) is 8.27. The molecule has 16 nitrogen and oxygen atoms in total. The Labute approximate surface area is 345 Å². The smallest absolute Gasteiger partial charge is 0.411 e. The van der Waals surface area contributed by atoms with Gasteiger partial charge in [-0.15, -0.1) is 0 Å². The lowest BCUT2D eigenvalue weighted by atomic mass is 9.77. The van der Waals surface area contributed by atoms with Crippen molar-refractivity contribution in [3.05, 3.63) is 105 Å². The predicted octanol–water partition coefficient (Wildman–Crippen LogP) is 5.26. The van der Waals surface area contributed by atoms with Crippen molar-refractivity contribution in [1.29, 1.82) is 5.26 Å². The van der Waals surface area contributed by atoms with E-state index in [0.29, 0.717) is 70.5 Å². The van der Waals surface area contributed by atoms with Gasteiger partial charge in [0.1, 0.15) is 30.6 Å². The summed E-state index contributed by atoms with van der Waals surface area (Å²) in [5.41, 5.74) is 4.35. The molecule has 1 aromatic heterocycles. The summed E-state index contributed by atoms with van der Waals surface area (Å²) >= 11 is 6.92. The lowest BCUT2D eigenvalue weighted by Gasteiger charge is -2.35. The number of nitrogens with one attached hydrogen (secondary N) is 3. The van der Waals surface area contributed by atoms with Crippen LogP contribution in [0.3, 0.4) is 0 Å². The Morgan fingerprint density at radius 1 is 1.03 bits per heavy atom. The monoisotopic (exact) mass is 840 g/mol. The van der Waals surface area contributed by atoms with E-state index in [0.717, 1.165) is 17.4 Å². The summed E-state index contributed by atoms with van der Waals surface area (Å²) < 4.78 is 36.9. The molecule has 2 fully saturated rings. The van der Waals surface area contributed by atoms with Crippen LogP contribution in [0, 0.1) is 11.3 Å². The molecule has 4 amide bonds. The molecule has 0 bridgehead atoms. The molecule has 3 N–H and O–H groups in total. The van der Waals surface area contributed by atoms with E-state index in [4.69, 9.17) is 21.1 Å². The number of benzene rings is 3. The molecule has 7 rings (SSSR count). The highest BCUT2D eigenvalue weighted by Crippen LogP contribution is 2.40. The van der Waals surface area contributed by atoms with E-state index in [9.17, 15) is 32.9 Å². The number of hydrogen-bond acceptors (Lipinski definition) is 12. The second-order valence-electron chi connectivity index (χ2n) is 15.1. The molecule has 4 aromatic rings. The third-order valence-corrected chi connectivity index (χ3v) is 11.5. The summed E-state index contributed by atoms with van der Waals surface area (Å²) in [7, 11) is -3.52. The predicted molar refractivity (Wildman–Crippen MR) is 217 cm³/mol. The largest absolute Gasteiger partial charge is 0.487 e. The highest BCUT2D eigenvalue weighted by Gasteiger charge is 2.39. The lowest BCUT2D eigenvalue weighted by molar-refractivity contribution is -0.136. The maximum Gasteiger partial charge on any atom is 0.411 e. The minimum Gasteiger partial charge on any atom is -0.487 e. The second kappa shape index (κ2) is 16.5. The number of piperidine rings is 2. The maximum absolute atomic E-state index is 13.0. The average molecular weight is 841 g/mol. The number of fused-ring (bicyclic) bond motifs is 1. The SMILES string of the molecule is CC(C)(c1ccc(OCc2ccnc(NS(C)(=O)=O)n2)cc1)c1cc(Cl)c(N2CCC(OC(=O)Nc3ccc4c(c3)CN(C3CCC(=O)NC3=O)C4=O)CC2)c(C#N)c1. The molecular weight excluding hydrogens is 800 g/mol. The van der Waals surface area contributed by atoms with Crippen LogP contribution in [0.25, 0.3) is 0 Å². The van der Waals surface area contributed by atoms with Crippen LogP contribution >= 0.6 is 11.6 Å². The van der Waals surface area contributed by atoms with Crippen LogP contribution < -0.4 is 25.0 Å². The molecule has 2 saturated heterocycles. The first-order chi connectivity index (χ1) is 28.1. The fraction of sp³-hybridized carbons (Fsp3) is 0.341. The molecule has 0 aliphatic carbocycles. The van der Waals surface area contributed by atoms with Gasteiger partial charge in [0.2, 0.25) is 27.8 Å². The summed E-state index contributed by atoms with van der Waals surface area (Å²) in [4.78, 5) is 61.5. The van der Waals surface area contributed by atoms with Crippen molar-refractivity contribution in [2.75, 3.05) is 34.3 Å². The van der Waals surface area contributed by atoms with Crippen LogP contribution in [-0.4, -0.2) is 78.6 Å². The zero-order valence-electron chi connectivity index (χ0n) is 32.5. The summed E-state index contributed by atoms with van der Waals surface area (Å²) in [6.07, 6.45) is 2.88. The number of ether oxygens (including phenoxy) is 2. The number of aromatic nitrogens is 2. The van der Waals surface area contributed by atoms with E-state index in [1.165, 1.54) is 11.1 Å². The van der Waals surface area contributed by atoms with Crippen LogP contribution in [0.2, 0.25) is 5.02 Å². The Bertz CT molecular complexity index is 2480. The van der Waals surface area contributed by atoms with E-state index in [-0.39, 0.29) is 49.9 Å². The van der Waals surface area contributed by atoms with Crippen molar-refractivity contribution in [3.63, 3.8) is 0 Å². The Kier molecular flexibility index (Phi) is 11.5. The second-order valence-corrected chi connectivity index (χ2v) is 17.3. The van der Waals surface area contributed by atoms with Gasteiger partial charge in [-0.05, 0) is 71.6 Å². The number of carbonyl (C=O) groups is 4. The molecule has 1 atom stereocenters. The molecule has 0 saturated carbocycles. The van der Waals surface area contributed by atoms with Crippen molar-refractivity contribution < 1.29 is 37.1 Å². The molecule has 0 radical (unpaired) electrons. The number of amides is 4. The van der Waals surface area contributed by atoms with E-state index in [1.807, 2.05) is 55.1 Å². The van der Waals surface area contributed by atoms with Crippen LogP contribution in [0.4, 0.5) is 22.1 Å². The summed E-state index contributed by atoms with van der Waals surface area (Å²) in [5.74, 6) is -0.600. The van der Waals surface area contributed by atoms with Crippen molar-refractivity contribution in [2.24, 2.45) is 0 Å². The van der Waals surface area contributed by atoms with E-state index in [1.54, 1.807) is 24.3 Å². The molecule has 306 valence electrons. The third kappa shape index (κ3) is 9.24. The normalized spacial score (nSPS) is 17.2. The maximum atomic E-state index is 13.0. The van der Waals surface area contributed by atoms with Crippen molar-refractivity contribution in [2.45, 2.75) is 70.2 Å². The van der Waals surface area contributed by atoms with Crippen LogP contribution in [-0.2, 0) is 42.9 Å². The molecular formula is C41H41ClN8O8S. The van der Waals surface area contributed by atoms with Crippen LogP contribution in [0.5, 0.6) is 5.75 Å². The number of rotatable bonds is 11. The van der Waals surface area contributed by atoms with Crippen LogP contribution in [0.15, 0.2) is 66.9 Å². The molecule has 3 aliphatic heterocycles. The van der Waals surface area contributed by atoms with Gasteiger partial charge in [-0.2, -0.15) is 5.26 Å². The molecule has 18 heteroatoms. The first-order valence-electron chi connectivity index (χ1n) is 18.9. The van der Waals surface area contributed by atoms with Gasteiger partial charge in [0.15, 0.2) is 0 Å². The Morgan fingerprint density at radius 2 is 1.78 bits per heavy atom. The van der Waals surface area contributed by atoms with Crippen molar-refractivity contribution in [1.82, 2.24) is 20.2 Å². The molecule has 4 heterocycles. The summed E-state index contributed by atoms with van der Waals surface area (Å²) in [6.45, 7) is 5.36. The zero-order chi connectivity index (χ0) is 42.1. The standard InChI is InChI=1S/C41H41ClN8O8S/c1-41(2,26-4-7-30(8-5-26)57-23-29-12-15-44-39(45-29)48-59(3,55)56)27-18-24(21-43)36(33(42)20-27)49-16-13-31(14-17-49)58-40(54)46-28-6-9-32-25(19-28)22-50(38(32)53)34-10-11-35(51)47-37(34)52/h4-9,12,15,18-20,31,34H,10-11,13-14,16-17,22-23H2,1-3H3,(H,46,54)(H,44,45,48)(H,47,51,52). The Hall–Kier alpha value is -6.25. The van der Waals surface area contributed by atoms with Gasteiger partial charge in [-0.3, -0.25) is 29.7 Å². The summed E-state index contributed by atoms with van der Waals surface area (Å²) in [6, 6.07) is 19.4. The van der Waals surface area contributed by atoms with Crippen LogP contribution in [0.1, 0.15) is 77.8 Å². The summed E-state index contributed by atoms with van der Waals surface area (Å²) in [5, 5.41) is 15.7. The first kappa shape index (κ1) is 40.9. The lowest BCUT2D eigenvalue weighted by Crippen LogP contribution is -2.52. The zero-order valence-corrected chi connectivity index (χ0v) is 34.0. The molecule has 0 spiro atoms. The molecule has 59 heavy (non-hydrogen) atoms. The van der Waals surface area contributed by atoms with Gasteiger partial charge in [0.05, 0.1) is 28.2 Å². The fourth-order valence-electron chi connectivity index (χ4n) is 7.50. The van der Waals surface area contributed by atoms with Gasteiger partial charge < -0.3 is 19.3 Å². The highest BCUT2D eigenvalue weighted by molar-refractivity contribution is 7.92. The van der Waals surface area contributed by atoms with E-state index >= 15 is 0 Å². The Balaban J connectivity index is 0.932. The number of carbonyl (C=O) groups excluding carboxylic acids is 4. The number of nitriles is 1. The van der Waals surface area contributed by atoms with Crippen molar-refractivity contribution in [3.8, 4) is 11.8 Å².